The fourth-order valence-electron chi connectivity index (χ4n) is 3.01. The van der Waals surface area contributed by atoms with Crippen LogP contribution in [0.25, 0.3) is 0 Å². The molecule has 134 valence electrons. The number of carbonyl (C=O) groups is 2. The topological polar surface area (TPSA) is 70.5 Å². The number of benzene rings is 1. The second-order valence-corrected chi connectivity index (χ2v) is 6.72. The lowest BCUT2D eigenvalue weighted by Crippen LogP contribution is -2.30. The highest BCUT2D eigenvalue weighted by atomic mass is 35.5. The van der Waals surface area contributed by atoms with Gasteiger partial charge in [-0.15, -0.1) is 0 Å². The van der Waals surface area contributed by atoms with Crippen LogP contribution in [0.15, 0.2) is 54.1 Å². The van der Waals surface area contributed by atoms with Gasteiger partial charge in [-0.2, -0.15) is 0 Å². The highest BCUT2D eigenvalue weighted by Crippen LogP contribution is 2.40. The van der Waals surface area contributed by atoms with E-state index in [2.05, 4.69) is 4.98 Å². The summed E-state index contributed by atoms with van der Waals surface area (Å²) < 4.78 is 0. The van der Waals surface area contributed by atoms with Crippen LogP contribution in [0.2, 0.25) is 10.0 Å². The summed E-state index contributed by atoms with van der Waals surface area (Å²) in [6.45, 7) is 1.90. The molecule has 5 nitrogen and oxygen atoms in total. The van der Waals surface area contributed by atoms with Gasteiger partial charge >= 0.3 is 0 Å². The Morgan fingerprint density at radius 3 is 2.50 bits per heavy atom. The van der Waals surface area contributed by atoms with Gasteiger partial charge in [0.25, 0.3) is 5.91 Å². The average Bonchev–Trinajstić information content (AvgIpc) is 2.89. The normalized spacial score (nSPS) is 17.1. The van der Waals surface area contributed by atoms with Crippen molar-refractivity contribution in [2.45, 2.75) is 25.9 Å². The molecule has 2 heterocycles. The van der Waals surface area contributed by atoms with E-state index in [9.17, 15) is 14.7 Å². The van der Waals surface area contributed by atoms with E-state index in [1.54, 1.807) is 49.6 Å². The van der Waals surface area contributed by atoms with Crippen LogP contribution in [-0.4, -0.2) is 26.7 Å². The first-order valence-corrected chi connectivity index (χ1v) is 8.80. The van der Waals surface area contributed by atoms with Crippen LogP contribution in [0.4, 0.5) is 0 Å². The molecule has 1 unspecified atom stereocenters. The number of nitrogens with zero attached hydrogens (tertiary/aromatic N) is 2. The van der Waals surface area contributed by atoms with Gasteiger partial charge in [0.2, 0.25) is 0 Å². The van der Waals surface area contributed by atoms with Crippen molar-refractivity contribution in [1.29, 1.82) is 0 Å². The van der Waals surface area contributed by atoms with Gasteiger partial charge in [-0.3, -0.25) is 14.6 Å². The Bertz CT molecular complexity index is 897. The standard InChI is InChI=1S/C19H16Cl2N2O3/c1-2-15(24)16-17(12-3-4-13(20)14(21)9-12)23(19(26)18(16)25)10-11-5-7-22-8-6-11/h3-9,17,25H,2,10H2,1H3. The monoisotopic (exact) mass is 390 g/mol. The molecule has 1 N–H and O–H groups in total. The number of pyridine rings is 1. The summed E-state index contributed by atoms with van der Waals surface area (Å²) >= 11 is 12.1. The van der Waals surface area contributed by atoms with Crippen LogP contribution in [0, 0.1) is 0 Å². The smallest absolute Gasteiger partial charge is 0.290 e. The molecule has 0 aliphatic carbocycles. The molecule has 0 spiro atoms. The van der Waals surface area contributed by atoms with E-state index >= 15 is 0 Å². The van der Waals surface area contributed by atoms with E-state index in [4.69, 9.17) is 23.2 Å². The first kappa shape index (κ1) is 18.4. The molecule has 7 heteroatoms. The highest BCUT2D eigenvalue weighted by molar-refractivity contribution is 6.42. The zero-order valence-corrected chi connectivity index (χ0v) is 15.5. The SMILES string of the molecule is CCC(=O)C1=C(O)C(=O)N(Cc2ccncc2)C1c1ccc(Cl)c(Cl)c1. The van der Waals surface area contributed by atoms with Gasteiger partial charge in [0.05, 0.1) is 21.7 Å². The third-order valence-corrected chi connectivity index (χ3v) is 5.03. The number of rotatable bonds is 5. The molecule has 0 saturated heterocycles. The molecular formula is C19H16Cl2N2O3. The number of amides is 1. The number of ketones is 1. The van der Waals surface area contributed by atoms with E-state index in [1.165, 1.54) is 4.90 Å². The van der Waals surface area contributed by atoms with E-state index in [1.807, 2.05) is 0 Å². The Kier molecular flexibility index (Phi) is 5.30. The molecule has 1 aromatic heterocycles. The largest absolute Gasteiger partial charge is 0.503 e. The number of hydrogen-bond acceptors (Lipinski definition) is 4. The van der Waals surface area contributed by atoms with E-state index in [0.717, 1.165) is 5.56 Å². The summed E-state index contributed by atoms with van der Waals surface area (Å²) in [5.41, 5.74) is 1.53. The number of aliphatic hydroxyl groups excluding tert-OH is 1. The summed E-state index contributed by atoms with van der Waals surface area (Å²) in [6.07, 6.45) is 3.42. The summed E-state index contributed by atoms with van der Waals surface area (Å²) in [5, 5.41) is 11.0. The molecule has 0 radical (unpaired) electrons. The molecule has 1 aliphatic heterocycles. The molecule has 3 rings (SSSR count). The van der Waals surface area contributed by atoms with Crippen molar-refractivity contribution in [2.75, 3.05) is 0 Å². The number of carbonyl (C=O) groups excluding carboxylic acids is 2. The zero-order chi connectivity index (χ0) is 18.8. The van der Waals surface area contributed by atoms with Gasteiger partial charge < -0.3 is 10.0 Å². The lowest BCUT2D eigenvalue weighted by atomic mass is 9.95. The third kappa shape index (κ3) is 3.32. The molecule has 2 aromatic rings. The number of Topliss-reactive ketones (excluding diaryl/α,β-unsaturated/α-hetero) is 1. The van der Waals surface area contributed by atoms with Crippen LogP contribution < -0.4 is 0 Å². The Hall–Kier alpha value is -2.37. The summed E-state index contributed by atoms with van der Waals surface area (Å²) in [6, 6.07) is 7.75. The quantitative estimate of drug-likeness (QED) is 0.827. The van der Waals surface area contributed by atoms with Gasteiger partial charge in [-0.05, 0) is 35.4 Å². The number of halogens is 2. The highest BCUT2D eigenvalue weighted by Gasteiger charge is 2.43. The van der Waals surface area contributed by atoms with Crippen molar-refractivity contribution in [1.82, 2.24) is 9.88 Å². The van der Waals surface area contributed by atoms with Crippen molar-refractivity contribution in [3.05, 3.63) is 75.2 Å². The van der Waals surface area contributed by atoms with Crippen LogP contribution in [0.5, 0.6) is 0 Å². The average molecular weight is 391 g/mol. The zero-order valence-electron chi connectivity index (χ0n) is 13.9. The minimum atomic E-state index is -0.724. The van der Waals surface area contributed by atoms with Gasteiger partial charge in [0, 0.05) is 25.4 Å². The Balaban J connectivity index is 2.09. The van der Waals surface area contributed by atoms with Crippen molar-refractivity contribution >= 4 is 34.9 Å². The van der Waals surface area contributed by atoms with Gasteiger partial charge in [0.15, 0.2) is 11.5 Å². The number of aliphatic hydroxyl groups is 1. The van der Waals surface area contributed by atoms with Crippen molar-refractivity contribution in [2.24, 2.45) is 0 Å². The van der Waals surface area contributed by atoms with Crippen molar-refractivity contribution in [3.8, 4) is 0 Å². The molecule has 1 amide bonds. The van der Waals surface area contributed by atoms with E-state index in [-0.39, 0.29) is 24.3 Å². The maximum Gasteiger partial charge on any atom is 0.290 e. The Morgan fingerprint density at radius 2 is 1.88 bits per heavy atom. The number of aromatic nitrogens is 1. The third-order valence-electron chi connectivity index (χ3n) is 4.29. The molecule has 1 atom stereocenters. The lowest BCUT2D eigenvalue weighted by Gasteiger charge is -2.27. The lowest BCUT2D eigenvalue weighted by molar-refractivity contribution is -0.130. The molecular weight excluding hydrogens is 375 g/mol. The predicted octanol–water partition coefficient (Wildman–Crippen LogP) is 4.26. The van der Waals surface area contributed by atoms with E-state index in [0.29, 0.717) is 15.6 Å². The first-order valence-electron chi connectivity index (χ1n) is 8.05. The minimum absolute atomic E-state index is 0.0879. The van der Waals surface area contributed by atoms with Gasteiger partial charge in [-0.25, -0.2) is 0 Å². The summed E-state index contributed by atoms with van der Waals surface area (Å²) in [5.74, 6) is -1.39. The summed E-state index contributed by atoms with van der Waals surface area (Å²) in [7, 11) is 0. The van der Waals surface area contributed by atoms with Crippen molar-refractivity contribution < 1.29 is 14.7 Å². The second kappa shape index (κ2) is 7.48. The van der Waals surface area contributed by atoms with Gasteiger partial charge in [-0.1, -0.05) is 36.2 Å². The maximum absolute atomic E-state index is 12.7. The Labute approximate surface area is 160 Å². The van der Waals surface area contributed by atoms with Crippen LogP contribution in [0.3, 0.4) is 0 Å². The van der Waals surface area contributed by atoms with Crippen LogP contribution >= 0.6 is 23.2 Å². The second-order valence-electron chi connectivity index (χ2n) is 5.90. The van der Waals surface area contributed by atoms with E-state index < -0.39 is 17.7 Å². The molecule has 1 aromatic carbocycles. The minimum Gasteiger partial charge on any atom is -0.503 e. The van der Waals surface area contributed by atoms with Crippen LogP contribution in [-0.2, 0) is 16.1 Å². The summed E-state index contributed by atoms with van der Waals surface area (Å²) in [4.78, 5) is 30.5. The predicted molar refractivity (Wildman–Crippen MR) is 98.9 cm³/mol. The molecule has 0 bridgehead atoms. The molecule has 1 aliphatic rings. The fraction of sp³-hybridized carbons (Fsp3) is 0.211. The molecule has 0 fully saturated rings. The maximum atomic E-state index is 12.7. The van der Waals surface area contributed by atoms with Gasteiger partial charge in [0.1, 0.15) is 0 Å². The molecule has 0 saturated carbocycles. The molecule has 26 heavy (non-hydrogen) atoms. The number of hydrogen-bond donors (Lipinski definition) is 1. The van der Waals surface area contributed by atoms with Crippen molar-refractivity contribution in [3.63, 3.8) is 0 Å². The Morgan fingerprint density at radius 1 is 1.19 bits per heavy atom. The fourth-order valence-corrected chi connectivity index (χ4v) is 3.31. The van der Waals surface area contributed by atoms with Crippen LogP contribution in [0.1, 0.15) is 30.5 Å². The first-order chi connectivity index (χ1) is 12.4.